The van der Waals surface area contributed by atoms with Crippen LogP contribution in [0.25, 0.3) is 0 Å². The number of Topliss-reactive ketones (excluding diaryl/α,β-unsaturated/α-hetero) is 1. The predicted octanol–water partition coefficient (Wildman–Crippen LogP) is 1.81. The largest absolute Gasteiger partial charge is 0 e. The molecule has 123 valence electrons. The molecule has 1 radical (unpaired) electrons. The van der Waals surface area contributed by atoms with Crippen molar-refractivity contribution >= 4 is 66.6 Å². The Bertz CT molecular complexity index is 361. The van der Waals surface area contributed by atoms with Gasteiger partial charge in [0.05, 0.1) is 5.92 Å². The van der Waals surface area contributed by atoms with Crippen molar-refractivity contribution in [1.82, 2.24) is 0 Å². The summed E-state index contributed by atoms with van der Waals surface area (Å²) in [6.07, 6.45) is 8.03. The fourth-order valence-corrected chi connectivity index (χ4v) is 3.46. The number of aliphatic carboxylic acids is 2. The van der Waals surface area contributed by atoms with Gasteiger partial charge in [0.2, 0.25) is 0 Å². The predicted molar refractivity (Wildman–Crippen MR) is 81.9 cm³/mol. The third-order valence-corrected chi connectivity index (χ3v) is 4.29. The van der Waals surface area contributed by atoms with E-state index in [4.69, 9.17) is 10.2 Å². The van der Waals surface area contributed by atoms with Gasteiger partial charge >= 0.3 is 60.8 Å². The Morgan fingerprint density at radius 3 is 1.95 bits per heavy atom. The van der Waals surface area contributed by atoms with Crippen molar-refractivity contribution in [3.8, 4) is 0 Å². The minimum atomic E-state index is -1.06. The monoisotopic (exact) mass is 475 g/mol. The van der Waals surface area contributed by atoms with E-state index in [-0.39, 0.29) is 85.6 Å². The van der Waals surface area contributed by atoms with Crippen molar-refractivity contribution in [1.29, 1.82) is 0 Å². The zero-order valence-corrected chi connectivity index (χ0v) is 13.9. The van der Waals surface area contributed by atoms with Gasteiger partial charge in [0.1, 0.15) is 12.2 Å². The van der Waals surface area contributed by atoms with Crippen molar-refractivity contribution in [2.45, 2.75) is 58.3 Å². The van der Waals surface area contributed by atoms with E-state index in [9.17, 15) is 14.4 Å². The molecule has 2 N–H and O–H groups in total. The molecule has 2 rings (SSSR count). The Balaban J connectivity index is 0. The topological polar surface area (TPSA) is 91.7 Å². The van der Waals surface area contributed by atoms with Gasteiger partial charge in [-0.05, 0) is 31.6 Å². The molecule has 0 aromatic heterocycles. The summed E-state index contributed by atoms with van der Waals surface area (Å²) < 4.78 is 0. The van der Waals surface area contributed by atoms with Crippen LogP contribution in [-0.4, -0.2) is 76.8 Å². The van der Waals surface area contributed by atoms with Crippen LogP contribution in [0.1, 0.15) is 58.3 Å². The minimum Gasteiger partial charge on any atom is 0 e. The molecule has 0 amide bonds. The molecule has 5 nitrogen and oxygen atoms in total. The van der Waals surface area contributed by atoms with Gasteiger partial charge in [-0.3, -0.25) is 14.4 Å². The molecule has 2 aliphatic carbocycles. The van der Waals surface area contributed by atoms with Crippen LogP contribution in [0.15, 0.2) is 0 Å². The summed E-state index contributed by atoms with van der Waals surface area (Å²) in [6.45, 7) is 1.24. The third kappa shape index (κ3) is 9.16. The van der Waals surface area contributed by atoms with Crippen LogP contribution in [0.5, 0.6) is 0 Å². The van der Waals surface area contributed by atoms with Gasteiger partial charge in [0, 0.05) is 18.6 Å². The van der Waals surface area contributed by atoms with Crippen LogP contribution in [0.3, 0.4) is 0 Å². The number of hydrogen-bond acceptors (Lipinski definition) is 3. The smallest absolute Gasteiger partial charge is 0 e. The molecule has 0 saturated heterocycles. The fraction of sp³-hybridized carbons (Fsp3) is 0.800. The number of carbonyl (C=O) groups is 3. The van der Waals surface area contributed by atoms with Gasteiger partial charge < -0.3 is 10.2 Å². The molecule has 0 aromatic rings. The first-order valence-electron chi connectivity index (χ1n) is 7.36. The van der Waals surface area contributed by atoms with E-state index in [0.717, 1.165) is 18.8 Å². The Labute approximate surface area is 183 Å². The van der Waals surface area contributed by atoms with Gasteiger partial charge in [-0.2, -0.15) is 0 Å². The van der Waals surface area contributed by atoms with Crippen LogP contribution in [0.4, 0.5) is 0 Å². The van der Waals surface area contributed by atoms with Crippen molar-refractivity contribution in [2.75, 3.05) is 0 Å². The van der Waals surface area contributed by atoms with Crippen molar-refractivity contribution in [2.24, 2.45) is 17.8 Å². The van der Waals surface area contributed by atoms with E-state index in [1.54, 1.807) is 0 Å². The van der Waals surface area contributed by atoms with Gasteiger partial charge in [-0.15, -0.1) is 0 Å². The third-order valence-electron chi connectivity index (χ3n) is 4.29. The number of carboxylic acid groups (broad SMARTS) is 2. The molecule has 0 aliphatic heterocycles. The molecule has 3 unspecified atom stereocenters. The van der Waals surface area contributed by atoms with Crippen molar-refractivity contribution in [3.05, 3.63) is 0 Å². The minimum absolute atomic E-state index is 0. The first-order valence-corrected chi connectivity index (χ1v) is 7.36. The maximum atomic E-state index is 11.0. The average molecular weight is 475 g/mol. The normalized spacial score (nSPS) is 26.0. The summed E-state index contributed by atoms with van der Waals surface area (Å²) in [5.74, 6) is -0.681. The van der Waals surface area contributed by atoms with E-state index in [0.29, 0.717) is 5.92 Å². The molecule has 0 bridgehead atoms. The molecule has 2 fully saturated rings. The SMILES string of the molecule is CC(=O)CC(=O)O.O=C(O)C1CCCC2CCCCC21.[BaH2].[V]. The molecule has 0 aromatic carbocycles. The number of fused-ring (bicyclic) bond motifs is 1. The Kier molecular flexibility index (Phi) is 14.9. The van der Waals surface area contributed by atoms with E-state index in [1.165, 1.54) is 39.0 Å². The second-order valence-corrected chi connectivity index (χ2v) is 5.86. The van der Waals surface area contributed by atoms with E-state index in [2.05, 4.69) is 0 Å². The van der Waals surface area contributed by atoms with Crippen LogP contribution in [0, 0.1) is 17.8 Å². The van der Waals surface area contributed by atoms with Crippen LogP contribution in [0.2, 0.25) is 0 Å². The zero-order valence-electron chi connectivity index (χ0n) is 12.5. The molecule has 2 saturated carbocycles. The second-order valence-electron chi connectivity index (χ2n) is 5.86. The van der Waals surface area contributed by atoms with Gasteiger partial charge in [-0.25, -0.2) is 0 Å². The van der Waals surface area contributed by atoms with Crippen molar-refractivity contribution < 1.29 is 43.2 Å². The van der Waals surface area contributed by atoms with Gasteiger partial charge in [-0.1, -0.05) is 32.1 Å². The maximum Gasteiger partial charge on any atom is 0 e. The first kappa shape index (κ1) is 25.0. The second kappa shape index (κ2) is 13.1. The summed E-state index contributed by atoms with van der Waals surface area (Å²) >= 11 is 0. The number of carbonyl (C=O) groups excluding carboxylic acids is 1. The van der Waals surface area contributed by atoms with E-state index >= 15 is 0 Å². The van der Waals surface area contributed by atoms with Crippen LogP contribution in [-0.2, 0) is 32.9 Å². The number of rotatable bonds is 3. The summed E-state index contributed by atoms with van der Waals surface area (Å²) in [5.41, 5.74) is 0. The summed E-state index contributed by atoms with van der Waals surface area (Å²) in [5, 5.41) is 16.9. The molecular formula is C15H26BaO5V. The maximum absolute atomic E-state index is 11.0. The molecule has 0 spiro atoms. The standard InChI is InChI=1S/C11H18O2.C4H6O3.Ba.V.2H/c12-11(13)10-7-3-5-8-4-1-2-6-9(8)10;1-3(5)2-4(6)7;;;;/h8-10H,1-7H2,(H,12,13);2H2,1H3,(H,6,7);;;;. The van der Waals surface area contributed by atoms with Gasteiger partial charge in [0.25, 0.3) is 0 Å². The zero-order chi connectivity index (χ0) is 15.1. The Hall–Kier alpha value is 0.766. The number of hydrogen-bond donors (Lipinski definition) is 2. The first-order chi connectivity index (χ1) is 9.41. The van der Waals surface area contributed by atoms with E-state index < -0.39 is 11.9 Å². The quantitative estimate of drug-likeness (QED) is 0.481. The molecule has 22 heavy (non-hydrogen) atoms. The molecule has 2 aliphatic rings. The average Bonchev–Trinajstić information content (AvgIpc) is 2.37. The van der Waals surface area contributed by atoms with Crippen LogP contribution < -0.4 is 0 Å². The van der Waals surface area contributed by atoms with Gasteiger partial charge in [0.15, 0.2) is 0 Å². The Morgan fingerprint density at radius 2 is 1.50 bits per heavy atom. The molecular weight excluding hydrogens is 448 g/mol. The van der Waals surface area contributed by atoms with Crippen LogP contribution >= 0.6 is 0 Å². The van der Waals surface area contributed by atoms with E-state index in [1.807, 2.05) is 0 Å². The number of ketones is 1. The number of carboxylic acids is 2. The summed E-state index contributed by atoms with van der Waals surface area (Å²) in [6, 6.07) is 0. The molecule has 7 heteroatoms. The Morgan fingerprint density at radius 1 is 0.955 bits per heavy atom. The van der Waals surface area contributed by atoms with Crippen molar-refractivity contribution in [3.63, 3.8) is 0 Å². The summed E-state index contributed by atoms with van der Waals surface area (Å²) in [7, 11) is 0. The molecule has 3 atom stereocenters. The molecule has 0 heterocycles. The fourth-order valence-electron chi connectivity index (χ4n) is 3.46. The summed E-state index contributed by atoms with van der Waals surface area (Å²) in [4.78, 5) is 30.5.